The summed E-state index contributed by atoms with van der Waals surface area (Å²) in [6.07, 6.45) is 1.99. The SMILES string of the molecule is CCCc1noc(CCC(=O)NCC(C)(O)C(=O)O)n1. The maximum atomic E-state index is 11.5. The molecular formula is C12H19N3O5. The summed E-state index contributed by atoms with van der Waals surface area (Å²) in [5.74, 6) is -0.800. The Labute approximate surface area is 116 Å². The molecule has 1 aromatic rings. The van der Waals surface area contributed by atoms with Crippen molar-refractivity contribution in [2.45, 2.75) is 45.1 Å². The third-order valence-corrected chi connectivity index (χ3v) is 2.64. The number of aliphatic carboxylic acids is 1. The van der Waals surface area contributed by atoms with Crippen LogP contribution in [0.4, 0.5) is 0 Å². The summed E-state index contributed by atoms with van der Waals surface area (Å²) in [6, 6.07) is 0. The first-order valence-corrected chi connectivity index (χ1v) is 6.39. The predicted octanol–water partition coefficient (Wildman–Crippen LogP) is -0.0935. The van der Waals surface area contributed by atoms with E-state index in [0.717, 1.165) is 19.8 Å². The number of aryl methyl sites for hydroxylation is 2. The van der Waals surface area contributed by atoms with Crippen molar-refractivity contribution in [3.63, 3.8) is 0 Å². The fraction of sp³-hybridized carbons (Fsp3) is 0.667. The standard InChI is InChI=1S/C12H19N3O5/c1-3-4-8-14-10(20-15-8)6-5-9(16)13-7-12(2,19)11(17)18/h19H,3-7H2,1-2H3,(H,13,16)(H,17,18). The Morgan fingerprint density at radius 2 is 2.10 bits per heavy atom. The van der Waals surface area contributed by atoms with E-state index in [1.165, 1.54) is 0 Å². The van der Waals surface area contributed by atoms with Crippen LogP contribution in [0, 0.1) is 0 Å². The van der Waals surface area contributed by atoms with Gasteiger partial charge in [-0.15, -0.1) is 0 Å². The van der Waals surface area contributed by atoms with Crippen molar-refractivity contribution < 1.29 is 24.3 Å². The third kappa shape index (κ3) is 4.96. The van der Waals surface area contributed by atoms with Gasteiger partial charge in [-0.05, 0) is 13.3 Å². The minimum absolute atomic E-state index is 0.0868. The van der Waals surface area contributed by atoms with Crippen molar-refractivity contribution in [2.24, 2.45) is 0 Å². The molecule has 8 nitrogen and oxygen atoms in total. The minimum Gasteiger partial charge on any atom is -0.479 e. The fourth-order valence-corrected chi connectivity index (χ4v) is 1.37. The second kappa shape index (κ2) is 6.99. The molecule has 1 aromatic heterocycles. The van der Waals surface area contributed by atoms with Gasteiger partial charge in [-0.2, -0.15) is 4.98 Å². The molecule has 1 atom stereocenters. The number of aliphatic hydroxyl groups is 1. The highest BCUT2D eigenvalue weighted by Gasteiger charge is 2.30. The second-order valence-electron chi connectivity index (χ2n) is 4.71. The van der Waals surface area contributed by atoms with E-state index < -0.39 is 11.6 Å². The molecule has 0 aliphatic rings. The first-order chi connectivity index (χ1) is 9.35. The van der Waals surface area contributed by atoms with Crippen LogP contribution in [0.25, 0.3) is 0 Å². The molecule has 1 unspecified atom stereocenters. The number of carboxylic acid groups (broad SMARTS) is 1. The van der Waals surface area contributed by atoms with Gasteiger partial charge in [0.2, 0.25) is 11.8 Å². The molecule has 0 aliphatic heterocycles. The summed E-state index contributed by atoms with van der Waals surface area (Å²) in [4.78, 5) is 26.3. The lowest BCUT2D eigenvalue weighted by Gasteiger charge is -2.17. The van der Waals surface area contributed by atoms with E-state index in [0.29, 0.717) is 11.7 Å². The third-order valence-electron chi connectivity index (χ3n) is 2.64. The van der Waals surface area contributed by atoms with Gasteiger partial charge in [-0.3, -0.25) is 4.79 Å². The number of aromatic nitrogens is 2. The van der Waals surface area contributed by atoms with Gasteiger partial charge in [0.05, 0.1) is 6.54 Å². The maximum Gasteiger partial charge on any atom is 0.337 e. The molecule has 20 heavy (non-hydrogen) atoms. The number of nitrogens with zero attached hydrogens (tertiary/aromatic N) is 2. The molecule has 0 saturated carbocycles. The molecule has 0 saturated heterocycles. The van der Waals surface area contributed by atoms with E-state index in [4.69, 9.17) is 9.63 Å². The van der Waals surface area contributed by atoms with Crippen molar-refractivity contribution in [3.8, 4) is 0 Å². The summed E-state index contributed by atoms with van der Waals surface area (Å²) >= 11 is 0. The van der Waals surface area contributed by atoms with Gasteiger partial charge in [0, 0.05) is 19.3 Å². The maximum absolute atomic E-state index is 11.5. The number of carbonyl (C=O) groups excluding carboxylic acids is 1. The van der Waals surface area contributed by atoms with Crippen LogP contribution >= 0.6 is 0 Å². The highest BCUT2D eigenvalue weighted by Crippen LogP contribution is 2.04. The Morgan fingerprint density at radius 1 is 1.40 bits per heavy atom. The normalized spacial score (nSPS) is 13.8. The van der Waals surface area contributed by atoms with Crippen LogP contribution in [-0.4, -0.2) is 44.4 Å². The molecule has 0 fully saturated rings. The molecule has 8 heteroatoms. The van der Waals surface area contributed by atoms with Gasteiger partial charge >= 0.3 is 5.97 Å². The fourth-order valence-electron chi connectivity index (χ4n) is 1.37. The Kier molecular flexibility index (Phi) is 5.63. The van der Waals surface area contributed by atoms with Gasteiger partial charge in [0.15, 0.2) is 11.4 Å². The smallest absolute Gasteiger partial charge is 0.337 e. The van der Waals surface area contributed by atoms with Crippen molar-refractivity contribution in [2.75, 3.05) is 6.54 Å². The second-order valence-corrected chi connectivity index (χ2v) is 4.71. The van der Waals surface area contributed by atoms with E-state index in [1.807, 2.05) is 6.92 Å². The largest absolute Gasteiger partial charge is 0.479 e. The van der Waals surface area contributed by atoms with Gasteiger partial charge in [0.25, 0.3) is 0 Å². The highest BCUT2D eigenvalue weighted by molar-refractivity contribution is 5.80. The molecule has 3 N–H and O–H groups in total. The zero-order chi connectivity index (χ0) is 15.2. The van der Waals surface area contributed by atoms with Crippen LogP contribution in [-0.2, 0) is 22.4 Å². The molecule has 1 amide bonds. The first kappa shape index (κ1) is 16.1. The van der Waals surface area contributed by atoms with Crippen LogP contribution in [0.2, 0.25) is 0 Å². The number of hydrogen-bond acceptors (Lipinski definition) is 6. The van der Waals surface area contributed by atoms with Gasteiger partial charge in [-0.1, -0.05) is 12.1 Å². The summed E-state index contributed by atoms with van der Waals surface area (Å²) < 4.78 is 4.97. The number of rotatable bonds is 8. The van der Waals surface area contributed by atoms with E-state index in [-0.39, 0.29) is 25.3 Å². The van der Waals surface area contributed by atoms with Crippen LogP contribution in [0.3, 0.4) is 0 Å². The van der Waals surface area contributed by atoms with Crippen molar-refractivity contribution in [1.82, 2.24) is 15.5 Å². The lowest BCUT2D eigenvalue weighted by atomic mass is 10.1. The summed E-state index contributed by atoms with van der Waals surface area (Å²) in [7, 11) is 0. The Morgan fingerprint density at radius 3 is 2.70 bits per heavy atom. The molecule has 0 aliphatic carbocycles. The predicted molar refractivity (Wildman–Crippen MR) is 67.9 cm³/mol. The molecule has 0 aromatic carbocycles. The number of carboxylic acids is 1. The van der Waals surface area contributed by atoms with E-state index in [2.05, 4.69) is 15.5 Å². The van der Waals surface area contributed by atoms with Gasteiger partial charge < -0.3 is 20.1 Å². The monoisotopic (exact) mass is 285 g/mol. The van der Waals surface area contributed by atoms with Crippen LogP contribution < -0.4 is 5.32 Å². The van der Waals surface area contributed by atoms with Crippen LogP contribution in [0.5, 0.6) is 0 Å². The molecule has 112 valence electrons. The average molecular weight is 285 g/mol. The summed E-state index contributed by atoms with van der Waals surface area (Å²) in [6.45, 7) is 2.76. The average Bonchev–Trinajstić information content (AvgIpc) is 2.82. The quantitative estimate of drug-likeness (QED) is 0.609. The number of nitrogens with one attached hydrogen (secondary N) is 1. The van der Waals surface area contributed by atoms with Crippen molar-refractivity contribution in [3.05, 3.63) is 11.7 Å². The topological polar surface area (TPSA) is 126 Å². The summed E-state index contributed by atoms with van der Waals surface area (Å²) in [5.41, 5.74) is -1.98. The van der Waals surface area contributed by atoms with Crippen molar-refractivity contribution >= 4 is 11.9 Å². The molecule has 0 spiro atoms. The van der Waals surface area contributed by atoms with E-state index >= 15 is 0 Å². The summed E-state index contributed by atoms with van der Waals surface area (Å²) in [5, 5.41) is 24.2. The first-order valence-electron chi connectivity index (χ1n) is 6.39. The lowest BCUT2D eigenvalue weighted by Crippen LogP contribution is -2.46. The van der Waals surface area contributed by atoms with Gasteiger partial charge in [0.1, 0.15) is 0 Å². The highest BCUT2D eigenvalue weighted by atomic mass is 16.5. The number of amides is 1. The molecule has 1 rings (SSSR count). The number of carbonyl (C=O) groups is 2. The lowest BCUT2D eigenvalue weighted by molar-refractivity contribution is -0.156. The number of hydrogen-bond donors (Lipinski definition) is 3. The minimum atomic E-state index is -1.98. The Bertz CT molecular complexity index is 469. The van der Waals surface area contributed by atoms with Gasteiger partial charge in [-0.25, -0.2) is 4.79 Å². The Balaban J connectivity index is 2.34. The Hall–Kier alpha value is -1.96. The zero-order valence-electron chi connectivity index (χ0n) is 11.5. The molecular weight excluding hydrogens is 266 g/mol. The van der Waals surface area contributed by atoms with E-state index in [1.54, 1.807) is 0 Å². The van der Waals surface area contributed by atoms with Crippen LogP contribution in [0.1, 0.15) is 38.4 Å². The van der Waals surface area contributed by atoms with Crippen molar-refractivity contribution in [1.29, 1.82) is 0 Å². The van der Waals surface area contributed by atoms with Crippen LogP contribution in [0.15, 0.2) is 4.52 Å². The molecule has 0 bridgehead atoms. The molecule has 0 radical (unpaired) electrons. The van der Waals surface area contributed by atoms with E-state index in [9.17, 15) is 14.7 Å². The zero-order valence-corrected chi connectivity index (χ0v) is 11.5. The molecule has 1 heterocycles.